The Morgan fingerprint density at radius 3 is 1.81 bits per heavy atom. The van der Waals surface area contributed by atoms with Gasteiger partial charge in [0.1, 0.15) is 0 Å². The predicted molar refractivity (Wildman–Crippen MR) is 68.0 cm³/mol. The average molecular weight is 219 g/mol. The molecule has 0 aromatic rings. The molecule has 4 saturated carbocycles. The van der Waals surface area contributed by atoms with Crippen molar-refractivity contribution in [2.75, 3.05) is 0 Å². The predicted octanol–water partition coefficient (Wildman–Crippen LogP) is 3.50. The number of hydrogen-bond donors (Lipinski definition) is 1. The summed E-state index contributed by atoms with van der Waals surface area (Å²) in [5.74, 6) is 2.94. The zero-order valence-corrected chi connectivity index (χ0v) is 10.8. The van der Waals surface area contributed by atoms with Crippen LogP contribution >= 0.6 is 0 Å². The zero-order chi connectivity index (χ0) is 11.6. The molecule has 0 aliphatic heterocycles. The minimum absolute atomic E-state index is 0.136. The van der Waals surface area contributed by atoms with Crippen LogP contribution in [0.4, 0.5) is 0 Å². The molecule has 0 amide bonds. The van der Waals surface area contributed by atoms with Crippen LogP contribution in [-0.2, 0) is 0 Å². The van der Waals surface area contributed by atoms with Crippen LogP contribution in [0.15, 0.2) is 12.2 Å². The van der Waals surface area contributed by atoms with Gasteiger partial charge in [0, 0.05) is 5.54 Å². The van der Waals surface area contributed by atoms with E-state index < -0.39 is 0 Å². The highest BCUT2D eigenvalue weighted by molar-refractivity contribution is 5.22. The second kappa shape index (κ2) is 3.13. The fraction of sp³-hybridized carbons (Fsp3) is 0.867. The fourth-order valence-corrected chi connectivity index (χ4v) is 5.20. The van der Waals surface area contributed by atoms with Crippen molar-refractivity contribution >= 4 is 0 Å². The van der Waals surface area contributed by atoms with Crippen molar-refractivity contribution in [3.8, 4) is 0 Å². The van der Waals surface area contributed by atoms with Gasteiger partial charge >= 0.3 is 0 Å². The molecule has 90 valence electrons. The molecule has 0 saturated heterocycles. The van der Waals surface area contributed by atoms with Gasteiger partial charge in [-0.25, -0.2) is 0 Å². The summed E-state index contributed by atoms with van der Waals surface area (Å²) in [6.45, 7) is 8.52. The summed E-state index contributed by atoms with van der Waals surface area (Å²) in [6, 6.07) is 0. The first-order valence-corrected chi connectivity index (χ1v) is 6.88. The quantitative estimate of drug-likeness (QED) is 0.707. The molecule has 4 rings (SSSR count). The van der Waals surface area contributed by atoms with E-state index in [1.165, 1.54) is 44.1 Å². The topological polar surface area (TPSA) is 26.0 Å². The second-order valence-corrected chi connectivity index (χ2v) is 7.18. The van der Waals surface area contributed by atoms with E-state index in [-0.39, 0.29) is 5.54 Å². The van der Waals surface area contributed by atoms with Crippen LogP contribution in [0.25, 0.3) is 0 Å². The van der Waals surface area contributed by atoms with Gasteiger partial charge in [-0.15, -0.1) is 0 Å². The highest BCUT2D eigenvalue weighted by atomic mass is 14.8. The van der Waals surface area contributed by atoms with Crippen LogP contribution in [0.1, 0.15) is 52.4 Å². The number of hydrogen-bond acceptors (Lipinski definition) is 1. The van der Waals surface area contributed by atoms with Gasteiger partial charge in [-0.2, -0.15) is 0 Å². The van der Waals surface area contributed by atoms with Crippen molar-refractivity contribution in [3.63, 3.8) is 0 Å². The standard InChI is InChI=1S/C15H25N/c1-10(2)14(3,16)15-7-11-4-12(8-15)6-13(5-11)9-15/h11-13H,1,4-9,16H2,2-3H3. The lowest BCUT2D eigenvalue weighted by atomic mass is 9.44. The molecule has 0 aromatic carbocycles. The van der Waals surface area contributed by atoms with E-state index in [0.29, 0.717) is 5.41 Å². The molecule has 2 N–H and O–H groups in total. The van der Waals surface area contributed by atoms with Crippen LogP contribution < -0.4 is 5.73 Å². The monoisotopic (exact) mass is 219 g/mol. The molecular weight excluding hydrogens is 194 g/mol. The molecule has 1 atom stereocenters. The average Bonchev–Trinajstić information content (AvgIpc) is 2.14. The molecule has 4 aliphatic rings. The van der Waals surface area contributed by atoms with E-state index in [9.17, 15) is 0 Å². The molecule has 4 fully saturated rings. The Balaban J connectivity index is 1.97. The highest BCUT2D eigenvalue weighted by Gasteiger charge is 2.57. The molecule has 0 radical (unpaired) electrons. The van der Waals surface area contributed by atoms with Gasteiger partial charge in [-0.05, 0) is 75.5 Å². The van der Waals surface area contributed by atoms with Crippen LogP contribution in [0.5, 0.6) is 0 Å². The van der Waals surface area contributed by atoms with Gasteiger partial charge in [0.05, 0.1) is 0 Å². The van der Waals surface area contributed by atoms with Gasteiger partial charge in [0.2, 0.25) is 0 Å². The molecule has 4 bridgehead atoms. The minimum Gasteiger partial charge on any atom is -0.321 e. The normalized spacial score (nSPS) is 49.1. The molecule has 1 heteroatoms. The van der Waals surface area contributed by atoms with E-state index in [4.69, 9.17) is 5.73 Å². The highest BCUT2D eigenvalue weighted by Crippen LogP contribution is 2.64. The molecule has 4 aliphatic carbocycles. The molecule has 1 nitrogen and oxygen atoms in total. The maximum absolute atomic E-state index is 6.66. The summed E-state index contributed by atoms with van der Waals surface area (Å²) in [5.41, 5.74) is 8.11. The summed E-state index contributed by atoms with van der Waals surface area (Å²) in [4.78, 5) is 0. The summed E-state index contributed by atoms with van der Waals surface area (Å²) < 4.78 is 0. The second-order valence-electron chi connectivity index (χ2n) is 7.18. The Hall–Kier alpha value is -0.300. The minimum atomic E-state index is -0.136. The lowest BCUT2D eigenvalue weighted by molar-refractivity contribution is -0.0837. The van der Waals surface area contributed by atoms with Crippen LogP contribution in [0, 0.1) is 23.2 Å². The third-order valence-electron chi connectivity index (χ3n) is 6.03. The Labute approximate surface area is 99.5 Å². The van der Waals surface area contributed by atoms with E-state index in [1.807, 2.05) is 0 Å². The van der Waals surface area contributed by atoms with Crippen LogP contribution in [0.2, 0.25) is 0 Å². The van der Waals surface area contributed by atoms with Gasteiger partial charge in [0.15, 0.2) is 0 Å². The molecule has 0 heterocycles. The van der Waals surface area contributed by atoms with Crippen molar-refractivity contribution in [1.82, 2.24) is 0 Å². The summed E-state index contributed by atoms with van der Waals surface area (Å²) in [7, 11) is 0. The van der Waals surface area contributed by atoms with Crippen molar-refractivity contribution in [2.45, 2.75) is 57.9 Å². The third-order valence-corrected chi connectivity index (χ3v) is 6.03. The molecule has 0 spiro atoms. The molecule has 16 heavy (non-hydrogen) atoms. The number of rotatable bonds is 2. The number of nitrogens with two attached hydrogens (primary N) is 1. The molecule has 1 unspecified atom stereocenters. The van der Waals surface area contributed by atoms with Crippen molar-refractivity contribution in [2.24, 2.45) is 28.9 Å². The maximum Gasteiger partial charge on any atom is 0.0392 e. The lowest BCUT2D eigenvalue weighted by Gasteiger charge is -2.62. The Morgan fingerprint density at radius 2 is 1.50 bits per heavy atom. The SMILES string of the molecule is C=C(C)C(C)(N)C12CC3CC(CC(C3)C1)C2. The van der Waals surface area contributed by atoms with Gasteiger partial charge in [0.25, 0.3) is 0 Å². The van der Waals surface area contributed by atoms with Crippen molar-refractivity contribution < 1.29 is 0 Å². The van der Waals surface area contributed by atoms with Gasteiger partial charge in [-0.1, -0.05) is 12.2 Å². The third kappa shape index (κ3) is 1.27. The van der Waals surface area contributed by atoms with Crippen molar-refractivity contribution in [3.05, 3.63) is 12.2 Å². The van der Waals surface area contributed by atoms with Crippen molar-refractivity contribution in [1.29, 1.82) is 0 Å². The zero-order valence-electron chi connectivity index (χ0n) is 10.8. The summed E-state index contributed by atoms with van der Waals surface area (Å²) in [5, 5.41) is 0. The lowest BCUT2D eigenvalue weighted by Crippen LogP contribution is -2.61. The van der Waals surface area contributed by atoms with Gasteiger partial charge < -0.3 is 5.73 Å². The summed E-state index contributed by atoms with van der Waals surface area (Å²) in [6.07, 6.45) is 8.60. The first kappa shape index (κ1) is 10.8. The van der Waals surface area contributed by atoms with Crippen LogP contribution in [-0.4, -0.2) is 5.54 Å². The molecular formula is C15H25N. The van der Waals surface area contributed by atoms with Crippen LogP contribution in [0.3, 0.4) is 0 Å². The van der Waals surface area contributed by atoms with E-state index in [2.05, 4.69) is 20.4 Å². The Bertz CT molecular complexity index is 291. The Morgan fingerprint density at radius 1 is 1.12 bits per heavy atom. The van der Waals surface area contributed by atoms with E-state index in [1.54, 1.807) is 0 Å². The first-order valence-electron chi connectivity index (χ1n) is 6.88. The van der Waals surface area contributed by atoms with E-state index >= 15 is 0 Å². The van der Waals surface area contributed by atoms with E-state index in [0.717, 1.165) is 17.8 Å². The van der Waals surface area contributed by atoms with Gasteiger partial charge in [-0.3, -0.25) is 0 Å². The fourth-order valence-electron chi connectivity index (χ4n) is 5.20. The smallest absolute Gasteiger partial charge is 0.0392 e. The maximum atomic E-state index is 6.66. The first-order chi connectivity index (χ1) is 7.43. The summed E-state index contributed by atoms with van der Waals surface area (Å²) >= 11 is 0. The molecule has 0 aromatic heterocycles. The Kier molecular flexibility index (Phi) is 2.12. The largest absolute Gasteiger partial charge is 0.321 e.